The normalized spacial score (nSPS) is 13.1. The summed E-state index contributed by atoms with van der Waals surface area (Å²) in [5.41, 5.74) is 5.66. The van der Waals surface area contributed by atoms with E-state index in [1.54, 1.807) is 18.4 Å². The molecule has 1 aromatic rings. The predicted molar refractivity (Wildman–Crippen MR) is 43.5 cm³/mol. The lowest BCUT2D eigenvalue weighted by atomic mass is 10.3. The fourth-order valence-electron chi connectivity index (χ4n) is 0.810. The first kappa shape index (κ1) is 7.57. The van der Waals surface area contributed by atoms with Crippen molar-refractivity contribution < 1.29 is 4.74 Å². The molecule has 0 amide bonds. The van der Waals surface area contributed by atoms with Crippen molar-refractivity contribution >= 4 is 11.3 Å². The van der Waals surface area contributed by atoms with Gasteiger partial charge in [-0.25, -0.2) is 0 Å². The fraction of sp³-hybridized carbons (Fsp3) is 0.429. The summed E-state index contributed by atoms with van der Waals surface area (Å²) >= 11 is 1.63. The van der Waals surface area contributed by atoms with Gasteiger partial charge in [-0.1, -0.05) is 0 Å². The molecule has 0 aliphatic rings. The second-order valence-corrected chi connectivity index (χ2v) is 3.09. The van der Waals surface area contributed by atoms with Crippen LogP contribution in [0.3, 0.4) is 0 Å². The molecule has 0 saturated carbocycles. The van der Waals surface area contributed by atoms with Gasteiger partial charge in [-0.05, 0) is 18.4 Å². The average molecular weight is 157 g/mol. The lowest BCUT2D eigenvalue weighted by Crippen LogP contribution is -2.03. The van der Waals surface area contributed by atoms with Crippen molar-refractivity contribution in [2.45, 2.75) is 13.0 Å². The van der Waals surface area contributed by atoms with E-state index in [2.05, 4.69) is 0 Å². The van der Waals surface area contributed by atoms with E-state index in [9.17, 15) is 0 Å². The number of hydrogen-bond acceptors (Lipinski definition) is 3. The molecule has 1 atom stereocenters. The Labute approximate surface area is 64.6 Å². The summed E-state index contributed by atoms with van der Waals surface area (Å²) in [6, 6.07) is 2.01. The molecule has 1 heterocycles. The fourth-order valence-corrected chi connectivity index (χ4v) is 1.63. The molecule has 0 saturated heterocycles. The van der Waals surface area contributed by atoms with Crippen molar-refractivity contribution in [2.24, 2.45) is 5.73 Å². The highest BCUT2D eigenvalue weighted by Gasteiger charge is 2.07. The quantitative estimate of drug-likeness (QED) is 0.710. The third kappa shape index (κ3) is 1.30. The van der Waals surface area contributed by atoms with Crippen LogP contribution in [0.15, 0.2) is 11.4 Å². The molecule has 1 aromatic heterocycles. The van der Waals surface area contributed by atoms with Crippen LogP contribution in [0, 0.1) is 0 Å². The Balaban J connectivity index is 2.90. The van der Waals surface area contributed by atoms with E-state index < -0.39 is 0 Å². The van der Waals surface area contributed by atoms with Crippen molar-refractivity contribution in [3.05, 3.63) is 16.3 Å². The van der Waals surface area contributed by atoms with E-state index in [4.69, 9.17) is 10.5 Å². The largest absolute Gasteiger partial charge is 0.496 e. The number of rotatable bonds is 2. The molecule has 0 aromatic carbocycles. The van der Waals surface area contributed by atoms with Gasteiger partial charge in [0.15, 0.2) is 0 Å². The van der Waals surface area contributed by atoms with Crippen LogP contribution in [-0.4, -0.2) is 7.11 Å². The molecule has 2 nitrogen and oxygen atoms in total. The van der Waals surface area contributed by atoms with E-state index in [1.165, 1.54) is 0 Å². The lowest BCUT2D eigenvalue weighted by Gasteiger charge is -2.04. The Hall–Kier alpha value is -0.540. The summed E-state index contributed by atoms with van der Waals surface area (Å²) in [7, 11) is 1.66. The highest BCUT2D eigenvalue weighted by molar-refractivity contribution is 7.10. The zero-order valence-corrected chi connectivity index (χ0v) is 6.94. The molecule has 0 aliphatic carbocycles. The van der Waals surface area contributed by atoms with E-state index in [0.29, 0.717) is 0 Å². The Morgan fingerprint density at radius 1 is 1.70 bits per heavy atom. The van der Waals surface area contributed by atoms with Crippen LogP contribution in [0.25, 0.3) is 0 Å². The first-order chi connectivity index (χ1) is 4.75. The third-order valence-corrected chi connectivity index (χ3v) is 2.39. The van der Waals surface area contributed by atoms with Crippen molar-refractivity contribution in [3.8, 4) is 5.75 Å². The number of thiophene rings is 1. The van der Waals surface area contributed by atoms with Crippen LogP contribution in [0.1, 0.15) is 17.8 Å². The minimum absolute atomic E-state index is 0.0787. The van der Waals surface area contributed by atoms with Gasteiger partial charge in [-0.15, -0.1) is 11.3 Å². The summed E-state index contributed by atoms with van der Waals surface area (Å²) in [6.45, 7) is 1.95. The zero-order valence-electron chi connectivity index (χ0n) is 6.13. The first-order valence-corrected chi connectivity index (χ1v) is 4.00. The van der Waals surface area contributed by atoms with Gasteiger partial charge in [0.1, 0.15) is 5.75 Å². The Kier molecular flexibility index (Phi) is 2.29. The number of hydrogen-bond donors (Lipinski definition) is 1. The van der Waals surface area contributed by atoms with Gasteiger partial charge in [-0.3, -0.25) is 0 Å². The van der Waals surface area contributed by atoms with Crippen LogP contribution in [-0.2, 0) is 0 Å². The molecule has 1 rings (SSSR count). The van der Waals surface area contributed by atoms with E-state index in [1.807, 2.05) is 18.4 Å². The molecular weight excluding hydrogens is 146 g/mol. The summed E-state index contributed by atoms with van der Waals surface area (Å²) < 4.78 is 5.08. The zero-order chi connectivity index (χ0) is 7.56. The van der Waals surface area contributed by atoms with Gasteiger partial charge in [0.05, 0.1) is 12.0 Å². The number of methoxy groups -OCH3 is 1. The van der Waals surface area contributed by atoms with Crippen LogP contribution in [0.4, 0.5) is 0 Å². The van der Waals surface area contributed by atoms with Crippen LogP contribution < -0.4 is 10.5 Å². The Morgan fingerprint density at radius 3 is 2.80 bits per heavy atom. The number of nitrogens with two attached hydrogens (primary N) is 1. The second kappa shape index (κ2) is 3.03. The van der Waals surface area contributed by atoms with Gasteiger partial charge in [-0.2, -0.15) is 0 Å². The van der Waals surface area contributed by atoms with Gasteiger partial charge < -0.3 is 10.5 Å². The predicted octanol–water partition coefficient (Wildman–Crippen LogP) is 1.78. The molecule has 3 heteroatoms. The molecule has 0 radical (unpaired) electrons. The van der Waals surface area contributed by atoms with Gasteiger partial charge >= 0.3 is 0 Å². The lowest BCUT2D eigenvalue weighted by molar-refractivity contribution is 0.410. The van der Waals surface area contributed by atoms with Gasteiger partial charge in [0.25, 0.3) is 0 Å². The Morgan fingerprint density at radius 2 is 2.40 bits per heavy atom. The van der Waals surface area contributed by atoms with Crippen molar-refractivity contribution in [1.29, 1.82) is 0 Å². The third-order valence-electron chi connectivity index (χ3n) is 1.29. The molecule has 2 N–H and O–H groups in total. The number of ether oxygens (including phenoxy) is 1. The summed E-state index contributed by atoms with van der Waals surface area (Å²) in [5, 5.41) is 1.98. The highest BCUT2D eigenvalue weighted by atomic mass is 32.1. The maximum atomic E-state index is 5.66. The molecule has 0 spiro atoms. The van der Waals surface area contributed by atoms with Crippen molar-refractivity contribution in [2.75, 3.05) is 7.11 Å². The Bertz CT molecular complexity index is 207. The van der Waals surface area contributed by atoms with Gasteiger partial charge in [0, 0.05) is 6.04 Å². The molecular formula is C7H11NOS. The molecule has 0 aliphatic heterocycles. The minimum atomic E-state index is 0.0787. The van der Waals surface area contributed by atoms with E-state index in [0.717, 1.165) is 10.6 Å². The first-order valence-electron chi connectivity index (χ1n) is 3.12. The van der Waals surface area contributed by atoms with Gasteiger partial charge in [0.2, 0.25) is 0 Å². The maximum Gasteiger partial charge on any atom is 0.134 e. The van der Waals surface area contributed by atoms with Crippen LogP contribution >= 0.6 is 11.3 Å². The molecule has 0 unspecified atom stereocenters. The van der Waals surface area contributed by atoms with Crippen molar-refractivity contribution in [3.63, 3.8) is 0 Å². The summed E-state index contributed by atoms with van der Waals surface area (Å²) in [4.78, 5) is 1.11. The topological polar surface area (TPSA) is 35.2 Å². The highest BCUT2D eigenvalue weighted by Crippen LogP contribution is 2.28. The SMILES string of the molecule is COc1ccsc1[C@H](C)N. The maximum absolute atomic E-state index is 5.66. The van der Waals surface area contributed by atoms with Crippen LogP contribution in [0.5, 0.6) is 5.75 Å². The van der Waals surface area contributed by atoms with E-state index in [-0.39, 0.29) is 6.04 Å². The van der Waals surface area contributed by atoms with Crippen molar-refractivity contribution in [1.82, 2.24) is 0 Å². The standard InChI is InChI=1S/C7H11NOS/c1-5(8)7-6(9-2)3-4-10-7/h3-5H,8H2,1-2H3/t5-/m0/s1. The molecule has 10 heavy (non-hydrogen) atoms. The summed E-state index contributed by atoms with van der Waals surface area (Å²) in [6.07, 6.45) is 0. The smallest absolute Gasteiger partial charge is 0.134 e. The molecule has 0 fully saturated rings. The van der Waals surface area contributed by atoms with Crippen LogP contribution in [0.2, 0.25) is 0 Å². The minimum Gasteiger partial charge on any atom is -0.496 e. The second-order valence-electron chi connectivity index (χ2n) is 2.14. The molecule has 56 valence electrons. The average Bonchev–Trinajstić information content (AvgIpc) is 2.33. The monoisotopic (exact) mass is 157 g/mol. The van der Waals surface area contributed by atoms with E-state index >= 15 is 0 Å². The molecule has 0 bridgehead atoms. The summed E-state index contributed by atoms with van der Waals surface area (Å²) in [5.74, 6) is 0.903.